The highest BCUT2D eigenvalue weighted by Crippen LogP contribution is 2.39. The van der Waals surface area contributed by atoms with E-state index in [1.54, 1.807) is 24.7 Å². The molecule has 5 N–H and O–H groups in total. The Morgan fingerprint density at radius 2 is 2.00 bits per heavy atom. The van der Waals surface area contributed by atoms with Gasteiger partial charge in [0.15, 0.2) is 5.82 Å². The van der Waals surface area contributed by atoms with Crippen molar-refractivity contribution in [2.45, 2.75) is 19.4 Å². The predicted molar refractivity (Wildman–Crippen MR) is 155 cm³/mol. The second-order valence-corrected chi connectivity index (χ2v) is 9.70. The maximum atomic E-state index is 13.2. The molecule has 204 valence electrons. The molecule has 1 aromatic carbocycles. The number of carbonyl (C=O) groups is 1. The summed E-state index contributed by atoms with van der Waals surface area (Å²) in [7, 11) is 0. The number of nitrogen functional groups attached to an aromatic ring is 1. The van der Waals surface area contributed by atoms with Gasteiger partial charge in [-0.1, -0.05) is 12.1 Å². The van der Waals surface area contributed by atoms with Crippen LogP contribution < -0.4 is 31.3 Å². The number of nitrogens with zero attached hydrogens (tertiary/aromatic N) is 5. The SMILES string of the molecule is Nc1nccc(-c2cnc(NCc3cccc(C(=O)Nc4ncccc4N4CCCNCC4)c3)c3c2OCC3)n1. The van der Waals surface area contributed by atoms with Gasteiger partial charge in [-0.2, -0.15) is 0 Å². The van der Waals surface area contributed by atoms with Crippen molar-refractivity contribution in [1.82, 2.24) is 25.3 Å². The summed E-state index contributed by atoms with van der Waals surface area (Å²) in [4.78, 5) is 32.9. The van der Waals surface area contributed by atoms with Gasteiger partial charge in [0.05, 0.1) is 23.6 Å². The van der Waals surface area contributed by atoms with Crippen LogP contribution in [0.15, 0.2) is 61.1 Å². The summed E-state index contributed by atoms with van der Waals surface area (Å²) < 4.78 is 5.94. The molecule has 0 spiro atoms. The van der Waals surface area contributed by atoms with Crippen molar-refractivity contribution >= 4 is 29.2 Å². The third-order valence-corrected chi connectivity index (χ3v) is 7.02. The highest BCUT2D eigenvalue weighted by atomic mass is 16.5. The fourth-order valence-corrected chi connectivity index (χ4v) is 5.07. The Labute approximate surface area is 232 Å². The Hall–Kier alpha value is -4.77. The van der Waals surface area contributed by atoms with E-state index in [9.17, 15) is 4.79 Å². The number of rotatable bonds is 7. The predicted octanol–water partition coefficient (Wildman–Crippen LogP) is 3.11. The zero-order valence-corrected chi connectivity index (χ0v) is 22.1. The lowest BCUT2D eigenvalue weighted by Gasteiger charge is -2.24. The van der Waals surface area contributed by atoms with E-state index in [-0.39, 0.29) is 11.9 Å². The maximum absolute atomic E-state index is 13.2. The molecule has 11 heteroatoms. The number of nitrogens with one attached hydrogen (secondary N) is 3. The van der Waals surface area contributed by atoms with Crippen molar-refractivity contribution in [2.24, 2.45) is 0 Å². The summed E-state index contributed by atoms with van der Waals surface area (Å²) in [6, 6.07) is 13.3. The summed E-state index contributed by atoms with van der Waals surface area (Å²) in [5.74, 6) is 2.08. The van der Waals surface area contributed by atoms with Gasteiger partial charge in [-0.3, -0.25) is 4.79 Å². The molecule has 11 nitrogen and oxygen atoms in total. The average molecular weight is 538 g/mol. The van der Waals surface area contributed by atoms with Gasteiger partial charge in [-0.05, 0) is 48.9 Å². The minimum atomic E-state index is -0.198. The number of fused-ring (bicyclic) bond motifs is 1. The van der Waals surface area contributed by atoms with Crippen LogP contribution in [-0.4, -0.2) is 58.6 Å². The zero-order chi connectivity index (χ0) is 27.3. The summed E-state index contributed by atoms with van der Waals surface area (Å²) in [5, 5.41) is 9.86. The van der Waals surface area contributed by atoms with Crippen molar-refractivity contribution < 1.29 is 9.53 Å². The van der Waals surface area contributed by atoms with Crippen LogP contribution in [0, 0.1) is 0 Å². The molecule has 4 aromatic rings. The molecular formula is C29H31N9O2. The molecule has 1 fully saturated rings. The molecule has 0 unspecified atom stereocenters. The second-order valence-electron chi connectivity index (χ2n) is 9.70. The quantitative estimate of drug-likeness (QED) is 0.278. The van der Waals surface area contributed by atoms with Gasteiger partial charge < -0.3 is 31.3 Å². The zero-order valence-electron chi connectivity index (χ0n) is 22.1. The first-order valence-electron chi connectivity index (χ1n) is 13.4. The molecule has 0 saturated carbocycles. The highest BCUT2D eigenvalue weighted by molar-refractivity contribution is 6.05. The van der Waals surface area contributed by atoms with Crippen LogP contribution in [-0.2, 0) is 13.0 Å². The Bertz CT molecular complexity index is 1520. The van der Waals surface area contributed by atoms with Crippen LogP contribution in [0.1, 0.15) is 27.9 Å². The van der Waals surface area contributed by atoms with Crippen LogP contribution in [0.2, 0.25) is 0 Å². The Balaban J connectivity index is 1.16. The summed E-state index contributed by atoms with van der Waals surface area (Å²) in [6.07, 6.45) is 6.84. The lowest BCUT2D eigenvalue weighted by molar-refractivity contribution is 0.102. The van der Waals surface area contributed by atoms with Crippen molar-refractivity contribution in [3.63, 3.8) is 0 Å². The minimum absolute atomic E-state index is 0.198. The Morgan fingerprint density at radius 3 is 2.92 bits per heavy atom. The van der Waals surface area contributed by atoms with Crippen LogP contribution in [0.4, 0.5) is 23.3 Å². The van der Waals surface area contributed by atoms with E-state index in [1.165, 1.54) is 0 Å². The van der Waals surface area contributed by atoms with E-state index >= 15 is 0 Å². The molecule has 0 atom stereocenters. The second kappa shape index (κ2) is 11.5. The van der Waals surface area contributed by atoms with E-state index in [4.69, 9.17) is 10.5 Å². The number of ether oxygens (including phenoxy) is 1. The van der Waals surface area contributed by atoms with Crippen molar-refractivity contribution in [1.29, 1.82) is 0 Å². The fraction of sp³-hybridized carbons (Fsp3) is 0.276. The molecule has 5 heterocycles. The van der Waals surface area contributed by atoms with Gasteiger partial charge in [0.25, 0.3) is 5.91 Å². The van der Waals surface area contributed by atoms with Gasteiger partial charge >= 0.3 is 0 Å². The van der Waals surface area contributed by atoms with Crippen LogP contribution in [0.3, 0.4) is 0 Å². The maximum Gasteiger partial charge on any atom is 0.256 e. The van der Waals surface area contributed by atoms with Crippen LogP contribution >= 0.6 is 0 Å². The Morgan fingerprint density at radius 1 is 1.05 bits per heavy atom. The van der Waals surface area contributed by atoms with Crippen molar-refractivity contribution in [3.8, 4) is 17.0 Å². The minimum Gasteiger partial charge on any atom is -0.492 e. The van der Waals surface area contributed by atoms with Gasteiger partial charge in [-0.15, -0.1) is 0 Å². The van der Waals surface area contributed by atoms with E-state index in [2.05, 4.69) is 40.8 Å². The molecule has 2 aliphatic heterocycles. The molecule has 1 amide bonds. The number of carbonyl (C=O) groups excluding carboxylic acids is 1. The van der Waals surface area contributed by atoms with E-state index in [1.807, 2.05) is 36.4 Å². The first-order chi connectivity index (χ1) is 19.7. The highest BCUT2D eigenvalue weighted by Gasteiger charge is 2.23. The van der Waals surface area contributed by atoms with Crippen LogP contribution in [0.5, 0.6) is 5.75 Å². The van der Waals surface area contributed by atoms with E-state index in [0.717, 1.165) is 73.0 Å². The largest absolute Gasteiger partial charge is 0.492 e. The number of pyridine rings is 2. The third kappa shape index (κ3) is 5.50. The van der Waals surface area contributed by atoms with Crippen LogP contribution in [0.25, 0.3) is 11.3 Å². The molecule has 0 aliphatic carbocycles. The molecule has 3 aromatic heterocycles. The lowest BCUT2D eigenvalue weighted by Crippen LogP contribution is -2.29. The molecule has 6 rings (SSSR count). The smallest absolute Gasteiger partial charge is 0.256 e. The number of hydrogen-bond donors (Lipinski definition) is 4. The first-order valence-corrected chi connectivity index (χ1v) is 13.4. The molecular weight excluding hydrogens is 506 g/mol. The van der Waals surface area contributed by atoms with Gasteiger partial charge in [-0.25, -0.2) is 19.9 Å². The summed E-state index contributed by atoms with van der Waals surface area (Å²) in [6.45, 7) is 4.75. The molecule has 1 saturated heterocycles. The van der Waals surface area contributed by atoms with Gasteiger partial charge in [0.1, 0.15) is 11.6 Å². The van der Waals surface area contributed by atoms with Gasteiger partial charge in [0.2, 0.25) is 5.95 Å². The normalized spacial score (nSPS) is 14.7. The van der Waals surface area contributed by atoms with Gasteiger partial charge in [0, 0.05) is 62.3 Å². The number of benzene rings is 1. The van der Waals surface area contributed by atoms with E-state index < -0.39 is 0 Å². The first kappa shape index (κ1) is 25.5. The monoisotopic (exact) mass is 537 g/mol. The number of nitrogens with two attached hydrogens (primary N) is 1. The molecule has 40 heavy (non-hydrogen) atoms. The lowest BCUT2D eigenvalue weighted by atomic mass is 10.1. The number of hydrogen-bond acceptors (Lipinski definition) is 10. The standard InChI is InChI=1S/C29H31N9O2/c30-29-33-11-7-23(36-29)22-18-35-26(21-8-15-40-25(21)22)34-17-19-4-1-5-20(16-19)28(39)37-27-24(6-2-10-32-27)38-13-3-9-31-12-14-38/h1-2,4-7,10-11,16,18,31H,3,8-9,12-15,17H2,(H,34,35)(H2,30,33,36)(H,32,37,39). The topological polar surface area (TPSA) is 143 Å². The van der Waals surface area contributed by atoms with Crippen molar-refractivity contribution in [3.05, 3.63) is 77.7 Å². The number of amides is 1. The summed E-state index contributed by atoms with van der Waals surface area (Å²) >= 11 is 0. The van der Waals surface area contributed by atoms with Crippen molar-refractivity contribution in [2.75, 3.05) is 54.1 Å². The summed E-state index contributed by atoms with van der Waals surface area (Å²) in [5.41, 5.74) is 10.7. The molecule has 0 bridgehead atoms. The average Bonchev–Trinajstić information content (AvgIpc) is 3.32. The number of anilines is 4. The fourth-order valence-electron chi connectivity index (χ4n) is 5.07. The third-order valence-electron chi connectivity index (χ3n) is 7.02. The Kier molecular flexibility index (Phi) is 7.36. The molecule has 2 aliphatic rings. The van der Waals surface area contributed by atoms with E-state index in [0.29, 0.717) is 30.2 Å². The molecule has 0 radical (unpaired) electrons. The number of aromatic nitrogens is 4.